The zero-order valence-electron chi connectivity index (χ0n) is 17.8. The molecule has 0 aliphatic rings. The van der Waals surface area contributed by atoms with Crippen molar-refractivity contribution in [2.24, 2.45) is 0 Å². The van der Waals surface area contributed by atoms with Gasteiger partial charge in [0, 0.05) is 22.5 Å². The number of aryl methyl sites for hydroxylation is 1. The Hall–Kier alpha value is -4.25. The molecule has 4 aromatic rings. The van der Waals surface area contributed by atoms with Crippen LogP contribution in [0.15, 0.2) is 97.6 Å². The molecule has 0 saturated carbocycles. The summed E-state index contributed by atoms with van der Waals surface area (Å²) in [6.45, 7) is 5.83. The van der Waals surface area contributed by atoms with E-state index in [1.54, 1.807) is 24.3 Å². The molecule has 158 valence electrons. The highest BCUT2D eigenvalue weighted by Crippen LogP contribution is 2.26. The summed E-state index contributed by atoms with van der Waals surface area (Å²) < 4.78 is 5.40. The van der Waals surface area contributed by atoms with Crippen molar-refractivity contribution in [1.29, 1.82) is 0 Å². The molecule has 0 saturated heterocycles. The number of nitrogens with one attached hydrogen (secondary N) is 1. The molecule has 0 atom stereocenters. The first-order valence-corrected chi connectivity index (χ1v) is 10.3. The highest BCUT2D eigenvalue weighted by molar-refractivity contribution is 5.91. The smallest absolute Gasteiger partial charge is 0.343 e. The molecular weight excluding hydrogens is 398 g/mol. The Kier molecular flexibility index (Phi) is 6.37. The summed E-state index contributed by atoms with van der Waals surface area (Å²) in [4.78, 5) is 21.8. The van der Waals surface area contributed by atoms with E-state index in [0.717, 1.165) is 28.3 Å². The second-order valence-corrected chi connectivity index (χ2v) is 7.22. The fourth-order valence-corrected chi connectivity index (χ4v) is 3.29. The lowest BCUT2D eigenvalue weighted by atomic mass is 10.1. The Morgan fingerprint density at radius 1 is 0.938 bits per heavy atom. The molecule has 3 aromatic carbocycles. The normalized spacial score (nSPS) is 10.4. The molecular formula is C27H23N3O2. The van der Waals surface area contributed by atoms with Crippen LogP contribution in [0, 0.1) is 6.92 Å². The molecule has 1 N–H and O–H groups in total. The Morgan fingerprint density at radius 2 is 1.59 bits per heavy atom. The summed E-state index contributed by atoms with van der Waals surface area (Å²) in [6.07, 6.45) is 2.48. The third-order valence-electron chi connectivity index (χ3n) is 4.93. The summed E-state index contributed by atoms with van der Waals surface area (Å²) in [7, 11) is 0. The number of hydrogen-bond acceptors (Lipinski definition) is 5. The number of hydrogen-bond donors (Lipinski definition) is 1. The number of ether oxygens (including phenoxy) is 1. The van der Waals surface area contributed by atoms with Crippen molar-refractivity contribution < 1.29 is 9.53 Å². The van der Waals surface area contributed by atoms with E-state index in [1.165, 1.54) is 0 Å². The summed E-state index contributed by atoms with van der Waals surface area (Å²) in [5.41, 5.74) is 4.10. The van der Waals surface area contributed by atoms with Gasteiger partial charge >= 0.3 is 5.97 Å². The van der Waals surface area contributed by atoms with Crippen molar-refractivity contribution in [2.75, 3.05) is 5.32 Å². The first kappa shape index (κ1) is 21.0. The van der Waals surface area contributed by atoms with Gasteiger partial charge in [-0.15, -0.1) is 6.58 Å². The average molecular weight is 422 g/mol. The lowest BCUT2D eigenvalue weighted by Crippen LogP contribution is -2.09. The van der Waals surface area contributed by atoms with Crippen LogP contribution in [-0.4, -0.2) is 15.9 Å². The monoisotopic (exact) mass is 421 g/mol. The van der Waals surface area contributed by atoms with Crippen molar-refractivity contribution in [3.63, 3.8) is 0 Å². The van der Waals surface area contributed by atoms with E-state index >= 15 is 0 Å². The second kappa shape index (κ2) is 9.71. The molecule has 32 heavy (non-hydrogen) atoms. The largest absolute Gasteiger partial charge is 0.423 e. The van der Waals surface area contributed by atoms with Crippen LogP contribution in [0.1, 0.15) is 21.6 Å². The van der Waals surface area contributed by atoms with Gasteiger partial charge in [0.25, 0.3) is 0 Å². The maximum atomic E-state index is 12.4. The summed E-state index contributed by atoms with van der Waals surface area (Å²) in [5, 5.41) is 3.37. The molecule has 0 radical (unpaired) electrons. The second-order valence-electron chi connectivity index (χ2n) is 7.22. The fourth-order valence-electron chi connectivity index (χ4n) is 3.29. The van der Waals surface area contributed by atoms with Crippen LogP contribution in [-0.2, 0) is 6.42 Å². The number of allylic oxidation sites excluding steroid dienone is 1. The molecule has 5 nitrogen and oxygen atoms in total. The van der Waals surface area contributed by atoms with Gasteiger partial charge < -0.3 is 10.1 Å². The van der Waals surface area contributed by atoms with E-state index in [4.69, 9.17) is 9.72 Å². The molecule has 4 rings (SSSR count). The van der Waals surface area contributed by atoms with Crippen LogP contribution in [0.3, 0.4) is 0 Å². The third kappa shape index (κ3) is 4.90. The first-order chi connectivity index (χ1) is 15.6. The Balaban J connectivity index is 1.58. The number of rotatable bonds is 7. The van der Waals surface area contributed by atoms with Crippen molar-refractivity contribution in [3.05, 3.63) is 114 Å². The van der Waals surface area contributed by atoms with Crippen molar-refractivity contribution in [3.8, 4) is 17.1 Å². The number of para-hydroxylation sites is 1. The maximum Gasteiger partial charge on any atom is 0.343 e. The highest BCUT2D eigenvalue weighted by Gasteiger charge is 2.13. The highest BCUT2D eigenvalue weighted by atomic mass is 16.5. The predicted octanol–water partition coefficient (Wildman–Crippen LogP) is 6.14. The number of carbonyl (C=O) groups is 1. The van der Waals surface area contributed by atoms with E-state index < -0.39 is 5.97 Å². The van der Waals surface area contributed by atoms with Gasteiger partial charge in [-0.1, -0.05) is 54.6 Å². The zero-order chi connectivity index (χ0) is 22.3. The van der Waals surface area contributed by atoms with Gasteiger partial charge in [-0.25, -0.2) is 14.8 Å². The zero-order valence-corrected chi connectivity index (χ0v) is 17.8. The lowest BCUT2D eigenvalue weighted by molar-refractivity contribution is 0.0735. The van der Waals surface area contributed by atoms with E-state index in [-0.39, 0.29) is 0 Å². The Labute approximate surface area is 187 Å². The number of carbonyl (C=O) groups excluding carboxylic acids is 1. The number of benzene rings is 3. The molecule has 0 unspecified atom stereocenters. The summed E-state index contributed by atoms with van der Waals surface area (Å²) >= 11 is 0. The molecule has 0 amide bonds. The van der Waals surface area contributed by atoms with Crippen LogP contribution in [0.2, 0.25) is 0 Å². The molecule has 0 fully saturated rings. The van der Waals surface area contributed by atoms with Gasteiger partial charge in [0.15, 0.2) is 5.82 Å². The number of aromatic nitrogens is 2. The average Bonchev–Trinajstić information content (AvgIpc) is 2.83. The number of esters is 1. The number of anilines is 2. The van der Waals surface area contributed by atoms with Crippen LogP contribution in [0.25, 0.3) is 11.4 Å². The minimum absolute atomic E-state index is 0.403. The van der Waals surface area contributed by atoms with Crippen LogP contribution in [0.4, 0.5) is 11.5 Å². The van der Waals surface area contributed by atoms with Crippen LogP contribution in [0.5, 0.6) is 5.75 Å². The van der Waals surface area contributed by atoms with E-state index in [2.05, 4.69) is 16.9 Å². The molecule has 1 aromatic heterocycles. The van der Waals surface area contributed by atoms with Gasteiger partial charge in [0.2, 0.25) is 0 Å². The molecule has 0 aliphatic carbocycles. The van der Waals surface area contributed by atoms with Gasteiger partial charge in [-0.2, -0.15) is 0 Å². The molecule has 1 heterocycles. The maximum absolute atomic E-state index is 12.4. The van der Waals surface area contributed by atoms with E-state index in [1.807, 2.05) is 73.7 Å². The van der Waals surface area contributed by atoms with Crippen molar-refractivity contribution in [2.45, 2.75) is 13.3 Å². The summed E-state index contributed by atoms with van der Waals surface area (Å²) in [5.74, 6) is 1.48. The number of nitrogens with zero attached hydrogens (tertiary/aromatic N) is 2. The van der Waals surface area contributed by atoms with Gasteiger partial charge in [0.1, 0.15) is 11.6 Å². The van der Waals surface area contributed by atoms with E-state index in [0.29, 0.717) is 23.6 Å². The minimum Gasteiger partial charge on any atom is -0.423 e. The van der Waals surface area contributed by atoms with Crippen LogP contribution < -0.4 is 10.1 Å². The standard InChI is InChI=1S/C27H23N3O2/c1-3-10-24-19(2)28-25(20-11-6-4-7-12-20)30-26(24)29-22-17-15-21(16-18-22)27(31)32-23-13-8-5-9-14-23/h3-9,11-18H,1,10H2,2H3,(H,28,29,30). The van der Waals surface area contributed by atoms with Gasteiger partial charge in [-0.3, -0.25) is 0 Å². The Morgan fingerprint density at radius 3 is 2.25 bits per heavy atom. The quantitative estimate of drug-likeness (QED) is 0.220. The predicted molar refractivity (Wildman–Crippen MR) is 127 cm³/mol. The topological polar surface area (TPSA) is 64.1 Å². The molecule has 0 bridgehead atoms. The SMILES string of the molecule is C=CCc1c(C)nc(-c2ccccc2)nc1Nc1ccc(C(=O)Oc2ccccc2)cc1. The van der Waals surface area contributed by atoms with Gasteiger partial charge in [-0.05, 0) is 49.7 Å². The Bertz CT molecular complexity index is 1220. The minimum atomic E-state index is -0.403. The van der Waals surface area contributed by atoms with Crippen LogP contribution >= 0.6 is 0 Å². The van der Waals surface area contributed by atoms with Gasteiger partial charge in [0.05, 0.1) is 5.56 Å². The molecule has 0 spiro atoms. The van der Waals surface area contributed by atoms with Crippen molar-refractivity contribution >= 4 is 17.5 Å². The third-order valence-corrected chi connectivity index (χ3v) is 4.93. The molecule has 5 heteroatoms. The summed E-state index contributed by atoms with van der Waals surface area (Å²) in [6, 6.07) is 26.0. The first-order valence-electron chi connectivity index (χ1n) is 10.3. The molecule has 0 aliphatic heterocycles. The van der Waals surface area contributed by atoms with E-state index in [9.17, 15) is 4.79 Å². The lowest BCUT2D eigenvalue weighted by Gasteiger charge is -2.14. The fraction of sp³-hybridized carbons (Fsp3) is 0.0741. The van der Waals surface area contributed by atoms with Crippen molar-refractivity contribution in [1.82, 2.24) is 9.97 Å².